The molecule has 4 N–H and O–H groups in total. The predicted octanol–water partition coefficient (Wildman–Crippen LogP) is 1.96. The molecule has 0 saturated heterocycles. The van der Waals surface area contributed by atoms with Crippen LogP contribution in [0.1, 0.15) is 19.8 Å². The molecule has 0 unspecified atom stereocenters. The van der Waals surface area contributed by atoms with E-state index in [1.807, 2.05) is 6.92 Å². The number of benzene rings is 2. The lowest BCUT2D eigenvalue weighted by molar-refractivity contribution is -0.116. The van der Waals surface area contributed by atoms with Crippen LogP contribution in [-0.2, 0) is 29.4 Å². The first-order valence-electron chi connectivity index (χ1n) is 9.20. The van der Waals surface area contributed by atoms with Crippen molar-refractivity contribution in [3.8, 4) is 0 Å². The van der Waals surface area contributed by atoms with Crippen molar-refractivity contribution >= 4 is 54.8 Å². The van der Waals surface area contributed by atoms with E-state index in [1.54, 1.807) is 6.07 Å². The summed E-state index contributed by atoms with van der Waals surface area (Å²) in [6.45, 7) is 1.92. The van der Waals surface area contributed by atoms with Gasteiger partial charge in [-0.3, -0.25) is 9.59 Å². The Morgan fingerprint density at radius 2 is 1.77 bits per heavy atom. The van der Waals surface area contributed by atoms with Crippen LogP contribution in [0.3, 0.4) is 0 Å². The third-order valence-electron chi connectivity index (χ3n) is 4.45. The maximum atomic E-state index is 12.7. The van der Waals surface area contributed by atoms with Gasteiger partial charge < -0.3 is 10.6 Å². The molecule has 0 spiro atoms. The molecule has 0 bridgehead atoms. The molecular formula is C19H21N3O6S3. The molecule has 1 aliphatic heterocycles. The molecule has 2 aromatic carbocycles. The number of hydrogen-bond acceptors (Lipinski definition) is 7. The number of carbonyl (C=O) groups is 2. The molecule has 9 nitrogen and oxygen atoms in total. The standard InChI is InChI=1S/C19H21N3O6S3/c1-12-10-19(24)22-16-11-15(6-7-17(16)29-12)30(25,26)9-8-18(23)21-13-2-4-14(5-3-13)31(20,27)28/h2-7,11-12H,8-10H2,1H3,(H,21,23)(H,22,24)(H2,20,27,28)/t12-/m0/s1. The molecule has 3 rings (SSSR count). The van der Waals surface area contributed by atoms with Crippen LogP contribution in [0.2, 0.25) is 0 Å². The first-order valence-corrected chi connectivity index (χ1v) is 13.3. The number of sulfone groups is 1. The van der Waals surface area contributed by atoms with Crippen LogP contribution >= 0.6 is 11.8 Å². The van der Waals surface area contributed by atoms with Crippen molar-refractivity contribution < 1.29 is 26.4 Å². The summed E-state index contributed by atoms with van der Waals surface area (Å²) in [7, 11) is -7.61. The molecule has 1 aliphatic rings. The number of thioether (sulfide) groups is 1. The molecule has 0 aliphatic carbocycles. The Bertz CT molecular complexity index is 1230. The number of hydrogen-bond donors (Lipinski definition) is 3. The number of fused-ring (bicyclic) bond motifs is 1. The van der Waals surface area contributed by atoms with Gasteiger partial charge in [-0.15, -0.1) is 11.8 Å². The lowest BCUT2D eigenvalue weighted by Crippen LogP contribution is -2.18. The van der Waals surface area contributed by atoms with E-state index < -0.39 is 31.5 Å². The van der Waals surface area contributed by atoms with Gasteiger partial charge in [0.1, 0.15) is 0 Å². The molecule has 166 valence electrons. The van der Waals surface area contributed by atoms with Crippen molar-refractivity contribution in [1.82, 2.24) is 0 Å². The van der Waals surface area contributed by atoms with Crippen LogP contribution in [0.5, 0.6) is 0 Å². The van der Waals surface area contributed by atoms with E-state index in [0.29, 0.717) is 17.8 Å². The molecule has 1 heterocycles. The summed E-state index contributed by atoms with van der Waals surface area (Å²) in [5.41, 5.74) is 0.758. The summed E-state index contributed by atoms with van der Waals surface area (Å²) in [6.07, 6.45) is 0.0360. The number of anilines is 2. The molecule has 0 fully saturated rings. The number of nitrogens with one attached hydrogen (secondary N) is 2. The molecule has 0 aromatic heterocycles. The van der Waals surface area contributed by atoms with Crippen LogP contribution in [0.25, 0.3) is 0 Å². The van der Waals surface area contributed by atoms with Crippen molar-refractivity contribution in [1.29, 1.82) is 0 Å². The van der Waals surface area contributed by atoms with Crippen LogP contribution in [0.4, 0.5) is 11.4 Å². The third kappa shape index (κ3) is 6.06. The summed E-state index contributed by atoms with van der Waals surface area (Å²) in [5, 5.41) is 10.3. The first kappa shape index (κ1) is 23.3. The lowest BCUT2D eigenvalue weighted by Gasteiger charge is -2.11. The van der Waals surface area contributed by atoms with Crippen molar-refractivity contribution in [2.45, 2.75) is 39.7 Å². The van der Waals surface area contributed by atoms with Crippen LogP contribution < -0.4 is 15.8 Å². The second-order valence-electron chi connectivity index (χ2n) is 7.03. The van der Waals surface area contributed by atoms with Gasteiger partial charge in [-0.05, 0) is 42.5 Å². The normalized spacial score (nSPS) is 16.7. The highest BCUT2D eigenvalue weighted by molar-refractivity contribution is 8.00. The minimum atomic E-state index is -3.84. The molecule has 2 aromatic rings. The highest BCUT2D eigenvalue weighted by Crippen LogP contribution is 2.36. The molecular weight excluding hydrogens is 462 g/mol. The molecule has 2 amide bonds. The molecule has 0 radical (unpaired) electrons. The van der Waals surface area contributed by atoms with Crippen LogP contribution in [-0.4, -0.2) is 39.7 Å². The highest BCUT2D eigenvalue weighted by atomic mass is 32.2. The minimum absolute atomic E-state index is 0.0204. The Balaban J connectivity index is 1.66. The van der Waals surface area contributed by atoms with Gasteiger partial charge in [-0.25, -0.2) is 22.0 Å². The summed E-state index contributed by atoms with van der Waals surface area (Å²) in [6, 6.07) is 9.74. The van der Waals surface area contributed by atoms with Gasteiger partial charge in [0.2, 0.25) is 21.8 Å². The van der Waals surface area contributed by atoms with Crippen molar-refractivity contribution in [2.24, 2.45) is 5.14 Å². The number of primary sulfonamides is 1. The summed E-state index contributed by atoms with van der Waals surface area (Å²) in [4.78, 5) is 24.8. The number of carbonyl (C=O) groups excluding carboxylic acids is 2. The average molecular weight is 484 g/mol. The maximum absolute atomic E-state index is 12.7. The van der Waals surface area contributed by atoms with E-state index in [0.717, 1.165) is 4.90 Å². The predicted molar refractivity (Wildman–Crippen MR) is 118 cm³/mol. The first-order chi connectivity index (χ1) is 14.4. The number of sulfonamides is 1. The Morgan fingerprint density at radius 1 is 1.13 bits per heavy atom. The Hall–Kier alpha value is -2.41. The molecule has 12 heteroatoms. The smallest absolute Gasteiger partial charge is 0.238 e. The van der Waals surface area contributed by atoms with Gasteiger partial charge in [-0.2, -0.15) is 0 Å². The quantitative estimate of drug-likeness (QED) is 0.568. The van der Waals surface area contributed by atoms with E-state index >= 15 is 0 Å². The zero-order chi connectivity index (χ0) is 22.8. The highest BCUT2D eigenvalue weighted by Gasteiger charge is 2.23. The molecule has 31 heavy (non-hydrogen) atoms. The van der Waals surface area contributed by atoms with E-state index in [-0.39, 0.29) is 27.4 Å². The number of nitrogens with two attached hydrogens (primary N) is 1. The van der Waals surface area contributed by atoms with Gasteiger partial charge in [0, 0.05) is 28.7 Å². The lowest BCUT2D eigenvalue weighted by atomic mass is 10.3. The van der Waals surface area contributed by atoms with Gasteiger partial charge in [-0.1, -0.05) is 6.92 Å². The second-order valence-corrected chi connectivity index (χ2v) is 12.2. The fourth-order valence-electron chi connectivity index (χ4n) is 2.92. The van der Waals surface area contributed by atoms with Gasteiger partial charge in [0.15, 0.2) is 9.84 Å². The van der Waals surface area contributed by atoms with Gasteiger partial charge in [0.25, 0.3) is 0 Å². The zero-order valence-electron chi connectivity index (χ0n) is 16.5. The van der Waals surface area contributed by atoms with Gasteiger partial charge in [0.05, 0.1) is 21.2 Å². The number of amides is 2. The Labute approximate surface area is 184 Å². The van der Waals surface area contributed by atoms with Gasteiger partial charge >= 0.3 is 0 Å². The van der Waals surface area contributed by atoms with Crippen molar-refractivity contribution in [3.05, 3.63) is 42.5 Å². The zero-order valence-corrected chi connectivity index (χ0v) is 18.9. The summed E-state index contributed by atoms with van der Waals surface area (Å²) < 4.78 is 47.9. The summed E-state index contributed by atoms with van der Waals surface area (Å²) in [5.74, 6) is -1.15. The van der Waals surface area contributed by atoms with E-state index in [1.165, 1.54) is 48.2 Å². The van der Waals surface area contributed by atoms with Crippen molar-refractivity contribution in [3.63, 3.8) is 0 Å². The topological polar surface area (TPSA) is 152 Å². The second kappa shape index (κ2) is 8.99. The Morgan fingerprint density at radius 3 is 2.42 bits per heavy atom. The van der Waals surface area contributed by atoms with E-state index in [4.69, 9.17) is 5.14 Å². The SMILES string of the molecule is C[C@H]1CC(=O)Nc2cc(S(=O)(=O)CCC(=O)Nc3ccc(S(N)(=O)=O)cc3)ccc2S1. The fraction of sp³-hybridized carbons (Fsp3) is 0.263. The van der Waals surface area contributed by atoms with Crippen molar-refractivity contribution in [2.75, 3.05) is 16.4 Å². The monoisotopic (exact) mass is 483 g/mol. The average Bonchev–Trinajstić information content (AvgIpc) is 2.81. The minimum Gasteiger partial charge on any atom is -0.326 e. The number of rotatable bonds is 6. The Kier molecular flexibility index (Phi) is 6.74. The molecule has 1 atom stereocenters. The molecule has 0 saturated carbocycles. The summed E-state index contributed by atoms with van der Waals surface area (Å²) >= 11 is 1.49. The fourth-order valence-corrected chi connectivity index (χ4v) is 5.75. The van der Waals surface area contributed by atoms with E-state index in [2.05, 4.69) is 10.6 Å². The maximum Gasteiger partial charge on any atom is 0.238 e. The van der Waals surface area contributed by atoms with Crippen LogP contribution in [0.15, 0.2) is 57.2 Å². The third-order valence-corrected chi connectivity index (χ3v) is 8.27. The van der Waals surface area contributed by atoms with E-state index in [9.17, 15) is 26.4 Å². The van der Waals surface area contributed by atoms with Crippen LogP contribution in [0, 0.1) is 0 Å². The largest absolute Gasteiger partial charge is 0.326 e.